The third-order valence-electron chi connectivity index (χ3n) is 2.32. The third kappa shape index (κ3) is 4.58. The van der Waals surface area contributed by atoms with E-state index in [1.54, 1.807) is 18.2 Å². The molecule has 1 rings (SSSR count). The number of nitro benzene ring substituents is 1. The predicted octanol–water partition coefficient (Wildman–Crippen LogP) is 0.606. The number of nitro groups is 1. The van der Waals surface area contributed by atoms with Gasteiger partial charge < -0.3 is 0 Å². The molecule has 0 heterocycles. The molecule has 19 heavy (non-hydrogen) atoms. The molecule has 0 amide bonds. The molecular weight excluding hydrogens is 383 g/mol. The Bertz CT molecular complexity index is 472. The van der Waals surface area contributed by atoms with Crippen LogP contribution in [-0.2, 0) is 9.53 Å². The zero-order valence-electron chi connectivity index (χ0n) is 10.1. The Morgan fingerprint density at radius 2 is 2.21 bits per heavy atom. The SMILES string of the molecule is COC(=O)C(N)C(Br)C[Se]c1ccccc1[N+](=O)[O-]. The molecule has 2 unspecified atom stereocenters. The summed E-state index contributed by atoms with van der Waals surface area (Å²) in [6, 6.07) is 5.81. The van der Waals surface area contributed by atoms with Crippen LogP contribution in [0.3, 0.4) is 0 Å². The normalized spacial score (nSPS) is 13.6. The second-order valence-electron chi connectivity index (χ2n) is 3.60. The van der Waals surface area contributed by atoms with E-state index in [9.17, 15) is 14.9 Å². The van der Waals surface area contributed by atoms with Gasteiger partial charge in [0, 0.05) is 0 Å². The number of carbonyl (C=O) groups excluding carboxylic acids is 1. The molecule has 104 valence electrons. The van der Waals surface area contributed by atoms with Gasteiger partial charge in [-0.1, -0.05) is 0 Å². The molecule has 0 bridgehead atoms. The summed E-state index contributed by atoms with van der Waals surface area (Å²) in [5.41, 5.74) is 5.79. The fourth-order valence-corrected chi connectivity index (χ4v) is 4.31. The Labute approximate surface area is 125 Å². The first-order chi connectivity index (χ1) is 8.97. The van der Waals surface area contributed by atoms with Gasteiger partial charge in [0.25, 0.3) is 0 Å². The summed E-state index contributed by atoms with van der Waals surface area (Å²) >= 11 is 3.17. The first-order valence-corrected chi connectivity index (χ1v) is 8.29. The maximum atomic E-state index is 11.3. The maximum absolute atomic E-state index is 11.3. The summed E-state index contributed by atoms with van der Waals surface area (Å²) in [6.45, 7) is 0. The zero-order chi connectivity index (χ0) is 14.4. The van der Waals surface area contributed by atoms with E-state index in [0.29, 0.717) is 9.78 Å². The standard InChI is InChI=1S/C11H13BrN2O4Se/c1-18-11(15)10(13)7(12)6-19-9-5-3-2-4-8(9)14(16)17/h2-5,7,10H,6,13H2,1H3. The quantitative estimate of drug-likeness (QED) is 0.250. The molecule has 0 fully saturated rings. The predicted molar refractivity (Wildman–Crippen MR) is 76.0 cm³/mol. The summed E-state index contributed by atoms with van der Waals surface area (Å²) in [7, 11) is 1.27. The number of para-hydroxylation sites is 1. The minimum absolute atomic E-state index is 0.105. The van der Waals surface area contributed by atoms with Gasteiger partial charge in [-0.15, -0.1) is 0 Å². The van der Waals surface area contributed by atoms with Crippen molar-refractivity contribution in [2.75, 3.05) is 7.11 Å². The molecule has 0 aromatic heterocycles. The van der Waals surface area contributed by atoms with E-state index in [4.69, 9.17) is 5.73 Å². The molecule has 2 atom stereocenters. The number of hydrogen-bond donors (Lipinski definition) is 1. The van der Waals surface area contributed by atoms with Gasteiger partial charge in [-0.3, -0.25) is 0 Å². The number of esters is 1. The van der Waals surface area contributed by atoms with Crippen LogP contribution in [0.1, 0.15) is 0 Å². The first kappa shape index (κ1) is 16.1. The number of benzene rings is 1. The van der Waals surface area contributed by atoms with Crippen LogP contribution in [-0.4, -0.2) is 43.8 Å². The van der Waals surface area contributed by atoms with Crippen molar-refractivity contribution < 1.29 is 14.5 Å². The van der Waals surface area contributed by atoms with Crippen LogP contribution in [0, 0.1) is 10.1 Å². The number of methoxy groups -OCH3 is 1. The fraction of sp³-hybridized carbons (Fsp3) is 0.364. The average molecular weight is 396 g/mol. The average Bonchev–Trinajstić information content (AvgIpc) is 2.43. The molecule has 0 aliphatic carbocycles. The Morgan fingerprint density at radius 3 is 2.79 bits per heavy atom. The number of ether oxygens (including phenoxy) is 1. The van der Waals surface area contributed by atoms with Gasteiger partial charge in [-0.25, -0.2) is 0 Å². The summed E-state index contributed by atoms with van der Waals surface area (Å²) in [5.74, 6) is -0.500. The molecule has 8 heteroatoms. The van der Waals surface area contributed by atoms with Crippen LogP contribution in [0.25, 0.3) is 0 Å². The van der Waals surface area contributed by atoms with Crippen molar-refractivity contribution in [3.63, 3.8) is 0 Å². The van der Waals surface area contributed by atoms with Crippen molar-refractivity contribution >= 4 is 47.0 Å². The van der Waals surface area contributed by atoms with E-state index in [-0.39, 0.29) is 25.5 Å². The van der Waals surface area contributed by atoms with Gasteiger partial charge >= 0.3 is 125 Å². The van der Waals surface area contributed by atoms with Crippen molar-refractivity contribution in [3.05, 3.63) is 34.4 Å². The number of carbonyl (C=O) groups is 1. The number of rotatable bonds is 6. The Hall–Kier alpha value is -0.951. The van der Waals surface area contributed by atoms with E-state index < -0.39 is 16.9 Å². The number of nitrogens with two attached hydrogens (primary N) is 1. The van der Waals surface area contributed by atoms with E-state index in [1.165, 1.54) is 13.2 Å². The van der Waals surface area contributed by atoms with Crippen LogP contribution >= 0.6 is 15.9 Å². The van der Waals surface area contributed by atoms with E-state index >= 15 is 0 Å². The van der Waals surface area contributed by atoms with Crippen LogP contribution in [0.5, 0.6) is 0 Å². The molecule has 2 N–H and O–H groups in total. The third-order valence-corrected chi connectivity index (χ3v) is 6.66. The molecule has 0 saturated carbocycles. The van der Waals surface area contributed by atoms with Crippen molar-refractivity contribution in [1.82, 2.24) is 0 Å². The van der Waals surface area contributed by atoms with Gasteiger partial charge in [0.05, 0.1) is 0 Å². The summed E-state index contributed by atoms with van der Waals surface area (Å²) in [4.78, 5) is 21.5. The Kier molecular flexibility index (Phi) is 6.44. The number of nitrogens with zero attached hydrogens (tertiary/aromatic N) is 1. The van der Waals surface area contributed by atoms with Crippen LogP contribution < -0.4 is 10.2 Å². The number of halogens is 1. The van der Waals surface area contributed by atoms with E-state index in [2.05, 4.69) is 20.7 Å². The van der Waals surface area contributed by atoms with Gasteiger partial charge in [0.2, 0.25) is 0 Å². The van der Waals surface area contributed by atoms with Crippen molar-refractivity contribution in [2.45, 2.75) is 16.2 Å². The molecule has 0 spiro atoms. The van der Waals surface area contributed by atoms with Crippen molar-refractivity contribution in [2.24, 2.45) is 5.73 Å². The zero-order valence-corrected chi connectivity index (χ0v) is 13.4. The number of alkyl halides is 1. The molecular formula is C11H13BrN2O4Se. The fourth-order valence-electron chi connectivity index (χ4n) is 1.29. The topological polar surface area (TPSA) is 95.5 Å². The van der Waals surface area contributed by atoms with Crippen LogP contribution in [0.15, 0.2) is 24.3 Å². The van der Waals surface area contributed by atoms with Gasteiger partial charge in [-0.2, -0.15) is 0 Å². The summed E-state index contributed by atoms with van der Waals surface area (Å²) < 4.78 is 5.23. The number of hydrogen-bond acceptors (Lipinski definition) is 5. The summed E-state index contributed by atoms with van der Waals surface area (Å²) in [6.07, 6.45) is 0. The van der Waals surface area contributed by atoms with E-state index in [1.807, 2.05) is 0 Å². The van der Waals surface area contributed by atoms with Gasteiger partial charge in [-0.05, 0) is 0 Å². The Balaban J connectivity index is 2.67. The molecule has 0 aliphatic heterocycles. The molecule has 6 nitrogen and oxygen atoms in total. The van der Waals surface area contributed by atoms with Gasteiger partial charge in [0.15, 0.2) is 0 Å². The van der Waals surface area contributed by atoms with Crippen LogP contribution in [0.2, 0.25) is 5.32 Å². The van der Waals surface area contributed by atoms with Crippen molar-refractivity contribution in [1.29, 1.82) is 0 Å². The minimum atomic E-state index is -0.769. The molecule has 0 aliphatic rings. The second kappa shape index (κ2) is 7.59. The monoisotopic (exact) mass is 396 g/mol. The van der Waals surface area contributed by atoms with Crippen LogP contribution in [0.4, 0.5) is 5.69 Å². The first-order valence-electron chi connectivity index (χ1n) is 5.31. The molecule has 0 saturated heterocycles. The Morgan fingerprint density at radius 1 is 1.58 bits per heavy atom. The van der Waals surface area contributed by atoms with E-state index in [0.717, 1.165) is 0 Å². The van der Waals surface area contributed by atoms with Crippen molar-refractivity contribution in [3.8, 4) is 0 Å². The molecule has 0 radical (unpaired) electrons. The van der Waals surface area contributed by atoms with Gasteiger partial charge in [0.1, 0.15) is 0 Å². The molecule has 1 aromatic rings. The molecule has 1 aromatic carbocycles. The summed E-state index contributed by atoms with van der Waals surface area (Å²) in [5, 5.41) is 11.4. The second-order valence-corrected chi connectivity index (χ2v) is 7.00.